The third kappa shape index (κ3) is 2.22. The first kappa shape index (κ1) is 14.7. The van der Waals surface area contributed by atoms with Crippen LogP contribution < -0.4 is 11.1 Å². The predicted octanol–water partition coefficient (Wildman–Crippen LogP) is 3.87. The maximum atomic E-state index is 12.6. The Hall–Kier alpha value is -1.22. The van der Waals surface area contributed by atoms with Crippen LogP contribution in [0.15, 0.2) is 18.2 Å². The van der Waals surface area contributed by atoms with Gasteiger partial charge in [-0.25, -0.2) is 0 Å². The van der Waals surface area contributed by atoms with Crippen molar-refractivity contribution >= 4 is 23.2 Å². The summed E-state index contributed by atoms with van der Waals surface area (Å²) < 4.78 is 0. The summed E-state index contributed by atoms with van der Waals surface area (Å²) in [6, 6.07) is 5.25. The van der Waals surface area contributed by atoms with Crippen LogP contribution in [-0.2, 0) is 0 Å². The molecule has 0 radical (unpaired) electrons. The van der Waals surface area contributed by atoms with E-state index >= 15 is 0 Å². The molecule has 3 N–H and O–H groups in total. The van der Waals surface area contributed by atoms with Gasteiger partial charge < -0.3 is 11.1 Å². The number of rotatable bonds is 2. The monoisotopic (exact) mass is 306 g/mol. The van der Waals surface area contributed by atoms with Crippen molar-refractivity contribution in [2.45, 2.75) is 46.1 Å². The number of hydrogen-bond acceptors (Lipinski definition) is 2. The molecule has 0 heterocycles. The van der Waals surface area contributed by atoms with E-state index in [9.17, 15) is 4.79 Å². The molecule has 3 unspecified atom stereocenters. The lowest BCUT2D eigenvalue weighted by Crippen LogP contribution is -2.52. The Morgan fingerprint density at radius 3 is 2.67 bits per heavy atom. The van der Waals surface area contributed by atoms with Gasteiger partial charge in [0, 0.05) is 11.7 Å². The number of fused-ring (bicyclic) bond motifs is 2. The molecule has 3 nitrogen and oxygen atoms in total. The average Bonchev–Trinajstić information content (AvgIpc) is 2.85. The molecule has 2 aliphatic rings. The van der Waals surface area contributed by atoms with E-state index in [1.165, 1.54) is 19.3 Å². The molecule has 2 saturated carbocycles. The van der Waals surface area contributed by atoms with Gasteiger partial charge >= 0.3 is 0 Å². The summed E-state index contributed by atoms with van der Waals surface area (Å²) in [6.07, 6.45) is 3.68. The maximum Gasteiger partial charge on any atom is 0.253 e. The molecule has 4 heteroatoms. The molecule has 2 bridgehead atoms. The summed E-state index contributed by atoms with van der Waals surface area (Å²) in [4.78, 5) is 12.6. The van der Waals surface area contributed by atoms with Crippen molar-refractivity contribution in [2.75, 3.05) is 5.73 Å². The van der Waals surface area contributed by atoms with Gasteiger partial charge in [-0.15, -0.1) is 0 Å². The van der Waals surface area contributed by atoms with Gasteiger partial charge in [0.15, 0.2) is 0 Å². The summed E-state index contributed by atoms with van der Waals surface area (Å²) in [6.45, 7) is 6.85. The zero-order valence-corrected chi connectivity index (χ0v) is 13.6. The van der Waals surface area contributed by atoms with Gasteiger partial charge in [0.05, 0.1) is 10.6 Å². The normalized spacial score (nSPS) is 33.1. The van der Waals surface area contributed by atoms with Crippen LogP contribution in [0.2, 0.25) is 5.02 Å². The van der Waals surface area contributed by atoms with Gasteiger partial charge in [0.1, 0.15) is 0 Å². The molecule has 3 rings (SSSR count). The Bertz CT molecular complexity index is 594. The number of nitrogens with one attached hydrogen (secondary N) is 1. The standard InChI is InChI=1S/C17H23ClN2O/c1-16(2)10-6-7-17(3,9-10)15(16)20-14(21)12-5-4-11(19)8-13(12)18/h4-5,8,10,15H,6-7,9,19H2,1-3H3,(H,20,21). The number of nitrogens with two attached hydrogens (primary N) is 1. The molecule has 3 atom stereocenters. The van der Waals surface area contributed by atoms with Gasteiger partial charge in [-0.3, -0.25) is 4.79 Å². The van der Waals surface area contributed by atoms with Crippen LogP contribution in [0.3, 0.4) is 0 Å². The number of amides is 1. The fraction of sp³-hybridized carbons (Fsp3) is 0.588. The number of carbonyl (C=O) groups is 1. The second kappa shape index (κ2) is 4.64. The SMILES string of the molecule is CC12CCC(C1)C(C)(C)C2NC(=O)c1ccc(N)cc1Cl. The van der Waals surface area contributed by atoms with Crippen LogP contribution in [-0.4, -0.2) is 11.9 Å². The van der Waals surface area contributed by atoms with E-state index in [-0.39, 0.29) is 22.8 Å². The van der Waals surface area contributed by atoms with Crippen molar-refractivity contribution in [3.8, 4) is 0 Å². The van der Waals surface area contributed by atoms with Crippen molar-refractivity contribution in [3.05, 3.63) is 28.8 Å². The van der Waals surface area contributed by atoms with E-state index in [0.717, 1.165) is 0 Å². The molecule has 2 aliphatic carbocycles. The molecule has 0 saturated heterocycles. The van der Waals surface area contributed by atoms with Crippen molar-refractivity contribution in [2.24, 2.45) is 16.7 Å². The smallest absolute Gasteiger partial charge is 0.253 e. The number of carbonyl (C=O) groups excluding carboxylic acids is 1. The Balaban J connectivity index is 1.85. The quantitative estimate of drug-likeness (QED) is 0.815. The minimum absolute atomic E-state index is 0.0909. The first-order valence-electron chi connectivity index (χ1n) is 7.60. The van der Waals surface area contributed by atoms with Gasteiger partial charge in [0.2, 0.25) is 0 Å². The molecule has 2 fully saturated rings. The van der Waals surface area contributed by atoms with Gasteiger partial charge in [-0.05, 0) is 54.2 Å². The summed E-state index contributed by atoms with van der Waals surface area (Å²) in [5.74, 6) is 0.613. The minimum atomic E-state index is -0.0909. The topological polar surface area (TPSA) is 55.1 Å². The summed E-state index contributed by atoms with van der Waals surface area (Å²) in [7, 11) is 0. The second-order valence-corrected chi connectivity index (χ2v) is 7.97. The van der Waals surface area contributed by atoms with Crippen LogP contribution in [0, 0.1) is 16.7 Å². The third-order valence-corrected chi connectivity index (χ3v) is 6.10. The number of hydrogen-bond donors (Lipinski definition) is 2. The lowest BCUT2D eigenvalue weighted by atomic mass is 9.68. The average molecular weight is 307 g/mol. The van der Waals surface area contributed by atoms with Crippen molar-refractivity contribution in [3.63, 3.8) is 0 Å². The highest BCUT2D eigenvalue weighted by Crippen LogP contribution is 2.62. The highest BCUT2D eigenvalue weighted by atomic mass is 35.5. The number of halogens is 1. The maximum absolute atomic E-state index is 12.6. The summed E-state index contributed by atoms with van der Waals surface area (Å²) in [5.41, 5.74) is 7.12. The van der Waals surface area contributed by atoms with Crippen molar-refractivity contribution in [1.29, 1.82) is 0 Å². The van der Waals surface area contributed by atoms with Crippen molar-refractivity contribution < 1.29 is 4.79 Å². The zero-order chi connectivity index (χ0) is 15.4. The molecule has 1 aromatic carbocycles. The van der Waals surface area contributed by atoms with E-state index in [1.807, 2.05) is 0 Å². The molecule has 21 heavy (non-hydrogen) atoms. The van der Waals surface area contributed by atoms with E-state index in [4.69, 9.17) is 17.3 Å². The first-order valence-corrected chi connectivity index (χ1v) is 7.98. The lowest BCUT2D eigenvalue weighted by Gasteiger charge is -2.43. The Morgan fingerprint density at radius 2 is 2.10 bits per heavy atom. The van der Waals surface area contributed by atoms with Gasteiger partial charge in [-0.2, -0.15) is 0 Å². The molecular weight excluding hydrogens is 284 g/mol. The highest BCUT2D eigenvalue weighted by Gasteiger charge is 2.59. The fourth-order valence-corrected chi connectivity index (χ4v) is 4.86. The van der Waals surface area contributed by atoms with Crippen molar-refractivity contribution in [1.82, 2.24) is 5.32 Å². The molecular formula is C17H23ClN2O. The Labute approximate surface area is 131 Å². The first-order chi connectivity index (χ1) is 9.74. The summed E-state index contributed by atoms with van der Waals surface area (Å²) >= 11 is 6.15. The highest BCUT2D eigenvalue weighted by molar-refractivity contribution is 6.34. The van der Waals surface area contributed by atoms with Crippen LogP contribution in [0.25, 0.3) is 0 Å². The minimum Gasteiger partial charge on any atom is -0.399 e. The third-order valence-electron chi connectivity index (χ3n) is 5.78. The molecule has 1 aromatic rings. The number of nitrogen functional groups attached to an aromatic ring is 1. The summed E-state index contributed by atoms with van der Waals surface area (Å²) in [5, 5.41) is 3.67. The van der Waals surface area contributed by atoms with Crippen LogP contribution in [0.5, 0.6) is 0 Å². The van der Waals surface area contributed by atoms with Gasteiger partial charge in [-0.1, -0.05) is 32.4 Å². The molecule has 0 spiro atoms. The number of benzene rings is 1. The number of anilines is 1. The van der Waals surface area contributed by atoms with Crippen LogP contribution >= 0.6 is 11.6 Å². The molecule has 0 aromatic heterocycles. The molecule has 1 amide bonds. The molecule has 0 aliphatic heterocycles. The molecule has 114 valence electrons. The predicted molar refractivity (Wildman–Crippen MR) is 86.3 cm³/mol. The van der Waals surface area contributed by atoms with E-state index in [2.05, 4.69) is 26.1 Å². The lowest BCUT2D eigenvalue weighted by molar-refractivity contribution is 0.0737. The zero-order valence-electron chi connectivity index (χ0n) is 12.9. The van der Waals surface area contributed by atoms with Crippen LogP contribution in [0.1, 0.15) is 50.4 Å². The van der Waals surface area contributed by atoms with E-state index in [1.54, 1.807) is 18.2 Å². The Morgan fingerprint density at radius 1 is 1.38 bits per heavy atom. The Kier molecular flexibility index (Phi) is 3.25. The van der Waals surface area contributed by atoms with E-state index in [0.29, 0.717) is 22.2 Å². The van der Waals surface area contributed by atoms with E-state index < -0.39 is 0 Å². The van der Waals surface area contributed by atoms with Crippen LogP contribution in [0.4, 0.5) is 5.69 Å². The largest absolute Gasteiger partial charge is 0.399 e. The fourth-order valence-electron chi connectivity index (χ4n) is 4.59. The van der Waals surface area contributed by atoms with Gasteiger partial charge in [0.25, 0.3) is 5.91 Å². The second-order valence-electron chi connectivity index (χ2n) is 7.56.